The fourth-order valence-corrected chi connectivity index (χ4v) is 4.96. The minimum atomic E-state index is -0.578. The summed E-state index contributed by atoms with van der Waals surface area (Å²) in [6, 6.07) is 8.24. The highest BCUT2D eigenvalue weighted by Gasteiger charge is 2.23. The van der Waals surface area contributed by atoms with Crippen LogP contribution in [0.15, 0.2) is 30.5 Å². The van der Waals surface area contributed by atoms with E-state index in [9.17, 15) is 9.18 Å². The van der Waals surface area contributed by atoms with Crippen molar-refractivity contribution in [1.29, 1.82) is 0 Å². The SMILES string of the molecule is CC(=O)NC1CCCC(COc2nc(Nc3ccc(N4C[C@@H](C)O[C@@H](C)C4)cc3)ncc2F)CC1. The normalized spacial score (nSPS) is 25.0. The van der Waals surface area contributed by atoms with Gasteiger partial charge < -0.3 is 25.0 Å². The van der Waals surface area contributed by atoms with Crippen molar-refractivity contribution in [3.63, 3.8) is 0 Å². The number of carbonyl (C=O) groups excluding carboxylic acids is 1. The number of benzene rings is 1. The third-order valence-electron chi connectivity index (χ3n) is 6.57. The fourth-order valence-electron chi connectivity index (χ4n) is 4.96. The Balaban J connectivity index is 1.32. The molecule has 1 amide bonds. The van der Waals surface area contributed by atoms with Crippen molar-refractivity contribution in [2.75, 3.05) is 29.9 Å². The van der Waals surface area contributed by atoms with E-state index >= 15 is 0 Å². The Morgan fingerprint density at radius 1 is 1.14 bits per heavy atom. The summed E-state index contributed by atoms with van der Waals surface area (Å²) in [6.45, 7) is 7.83. The van der Waals surface area contributed by atoms with Crippen LogP contribution < -0.4 is 20.3 Å². The van der Waals surface area contributed by atoms with Crippen molar-refractivity contribution in [3.8, 4) is 5.88 Å². The van der Waals surface area contributed by atoms with Crippen LogP contribution in [0.2, 0.25) is 0 Å². The van der Waals surface area contributed by atoms with E-state index in [4.69, 9.17) is 9.47 Å². The summed E-state index contributed by atoms with van der Waals surface area (Å²) in [5.74, 6) is -0.0240. The zero-order valence-electron chi connectivity index (χ0n) is 20.8. The molecule has 2 aromatic rings. The molecule has 35 heavy (non-hydrogen) atoms. The molecule has 2 heterocycles. The van der Waals surface area contributed by atoms with Crippen LogP contribution in [0.5, 0.6) is 5.88 Å². The fraction of sp³-hybridized carbons (Fsp3) is 0.577. The Kier molecular flexibility index (Phi) is 8.38. The van der Waals surface area contributed by atoms with Crippen molar-refractivity contribution in [2.45, 2.75) is 71.1 Å². The van der Waals surface area contributed by atoms with Crippen LogP contribution >= 0.6 is 0 Å². The van der Waals surface area contributed by atoms with Crippen LogP contribution in [-0.4, -0.2) is 53.8 Å². The topological polar surface area (TPSA) is 88.6 Å². The van der Waals surface area contributed by atoms with E-state index < -0.39 is 5.82 Å². The summed E-state index contributed by atoms with van der Waals surface area (Å²) < 4.78 is 25.9. The number of amides is 1. The molecule has 2 N–H and O–H groups in total. The molecule has 0 bridgehead atoms. The van der Waals surface area contributed by atoms with E-state index in [1.54, 1.807) is 6.92 Å². The predicted octanol–water partition coefficient (Wildman–Crippen LogP) is 4.44. The number of nitrogens with zero attached hydrogens (tertiary/aromatic N) is 3. The molecule has 0 radical (unpaired) electrons. The highest BCUT2D eigenvalue weighted by Crippen LogP contribution is 2.26. The average Bonchev–Trinajstić information content (AvgIpc) is 3.04. The summed E-state index contributed by atoms with van der Waals surface area (Å²) in [6.07, 6.45) is 6.32. The predicted molar refractivity (Wildman–Crippen MR) is 134 cm³/mol. The van der Waals surface area contributed by atoms with Gasteiger partial charge in [0.15, 0.2) is 0 Å². The second-order valence-electron chi connectivity index (χ2n) is 9.76. The number of morpholine rings is 1. The largest absolute Gasteiger partial charge is 0.475 e. The van der Waals surface area contributed by atoms with Crippen molar-refractivity contribution in [1.82, 2.24) is 15.3 Å². The third kappa shape index (κ3) is 7.27. The van der Waals surface area contributed by atoms with E-state index in [2.05, 4.69) is 39.3 Å². The molecule has 9 heteroatoms. The molecule has 4 atom stereocenters. The number of hydrogen-bond donors (Lipinski definition) is 2. The van der Waals surface area contributed by atoms with Gasteiger partial charge in [-0.3, -0.25) is 4.79 Å². The van der Waals surface area contributed by atoms with Crippen molar-refractivity contribution < 1.29 is 18.7 Å². The Hall–Kier alpha value is -2.94. The number of carbonyl (C=O) groups is 1. The van der Waals surface area contributed by atoms with Gasteiger partial charge in [-0.15, -0.1) is 0 Å². The number of ether oxygens (including phenoxy) is 2. The summed E-state index contributed by atoms with van der Waals surface area (Å²) in [5, 5.41) is 6.14. The molecule has 1 saturated carbocycles. The molecule has 4 rings (SSSR count). The summed E-state index contributed by atoms with van der Waals surface area (Å²) in [4.78, 5) is 22.0. The van der Waals surface area contributed by atoms with Gasteiger partial charge in [-0.05, 0) is 69.7 Å². The van der Waals surface area contributed by atoms with Gasteiger partial charge >= 0.3 is 0 Å². The Bertz CT molecular complexity index is 979. The smallest absolute Gasteiger partial charge is 0.255 e. The van der Waals surface area contributed by atoms with E-state index in [1.165, 1.54) is 0 Å². The number of rotatable bonds is 7. The molecule has 1 aliphatic carbocycles. The molecule has 0 spiro atoms. The lowest BCUT2D eigenvalue weighted by Gasteiger charge is -2.36. The average molecular weight is 486 g/mol. The van der Waals surface area contributed by atoms with E-state index in [1.807, 2.05) is 24.3 Å². The first-order chi connectivity index (χ1) is 16.9. The minimum Gasteiger partial charge on any atom is -0.475 e. The number of aromatic nitrogens is 2. The monoisotopic (exact) mass is 485 g/mol. The maximum absolute atomic E-state index is 14.3. The van der Waals surface area contributed by atoms with E-state index in [-0.39, 0.29) is 36.0 Å². The number of anilines is 3. The molecule has 190 valence electrons. The van der Waals surface area contributed by atoms with Crippen molar-refractivity contribution in [3.05, 3.63) is 36.3 Å². The molecule has 2 fully saturated rings. The molecule has 1 aromatic heterocycles. The summed E-state index contributed by atoms with van der Waals surface area (Å²) in [7, 11) is 0. The van der Waals surface area contributed by atoms with Gasteiger partial charge in [-0.25, -0.2) is 4.98 Å². The molecule has 2 unspecified atom stereocenters. The number of nitrogens with one attached hydrogen (secondary N) is 2. The van der Waals surface area contributed by atoms with Gasteiger partial charge in [0.25, 0.3) is 5.88 Å². The van der Waals surface area contributed by atoms with Gasteiger partial charge in [0.05, 0.1) is 25.0 Å². The quantitative estimate of drug-likeness (QED) is 0.561. The lowest BCUT2D eigenvalue weighted by Crippen LogP contribution is -2.45. The molecular weight excluding hydrogens is 449 g/mol. The van der Waals surface area contributed by atoms with Gasteiger partial charge in [0.1, 0.15) is 0 Å². The first-order valence-electron chi connectivity index (χ1n) is 12.6. The van der Waals surface area contributed by atoms with Crippen LogP contribution in [0.3, 0.4) is 0 Å². The van der Waals surface area contributed by atoms with E-state index in [0.29, 0.717) is 12.5 Å². The van der Waals surface area contributed by atoms with Crippen LogP contribution in [0, 0.1) is 11.7 Å². The minimum absolute atomic E-state index is 0.00715. The molecule has 2 aliphatic rings. The van der Waals surface area contributed by atoms with E-state index in [0.717, 1.165) is 62.8 Å². The van der Waals surface area contributed by atoms with Crippen LogP contribution in [0.25, 0.3) is 0 Å². The summed E-state index contributed by atoms with van der Waals surface area (Å²) >= 11 is 0. The molecule has 1 aromatic carbocycles. The van der Waals surface area contributed by atoms with Gasteiger partial charge in [-0.1, -0.05) is 6.42 Å². The lowest BCUT2D eigenvalue weighted by atomic mass is 10.0. The number of hydrogen-bond acceptors (Lipinski definition) is 7. The standard InChI is InChI=1S/C26H36FN5O3/c1-17-14-32(15-18(2)35-17)23-11-9-22(10-12-23)30-26-28-13-24(27)25(31-26)34-16-20-5-4-6-21(8-7-20)29-19(3)33/h9-13,17-18,20-21H,4-8,14-16H2,1-3H3,(H,29,33)(H,28,30,31)/t17-,18+,20?,21?. The second-order valence-corrected chi connectivity index (χ2v) is 9.76. The van der Waals surface area contributed by atoms with Crippen LogP contribution in [0.1, 0.15) is 52.9 Å². The highest BCUT2D eigenvalue weighted by molar-refractivity contribution is 5.73. The Morgan fingerprint density at radius 3 is 2.60 bits per heavy atom. The molecule has 1 aliphatic heterocycles. The van der Waals surface area contributed by atoms with Gasteiger partial charge in [-0.2, -0.15) is 9.37 Å². The maximum Gasteiger partial charge on any atom is 0.255 e. The Morgan fingerprint density at radius 2 is 1.89 bits per heavy atom. The molecular formula is C26H36FN5O3. The zero-order valence-corrected chi connectivity index (χ0v) is 20.8. The van der Waals surface area contributed by atoms with Gasteiger partial charge in [0.2, 0.25) is 17.7 Å². The number of halogens is 1. The third-order valence-corrected chi connectivity index (χ3v) is 6.57. The first kappa shape index (κ1) is 25.2. The molecule has 8 nitrogen and oxygen atoms in total. The van der Waals surface area contributed by atoms with Crippen molar-refractivity contribution in [2.24, 2.45) is 5.92 Å². The highest BCUT2D eigenvalue weighted by atomic mass is 19.1. The first-order valence-corrected chi connectivity index (χ1v) is 12.6. The molecule has 1 saturated heterocycles. The maximum atomic E-state index is 14.3. The van der Waals surface area contributed by atoms with Crippen LogP contribution in [-0.2, 0) is 9.53 Å². The second kappa shape index (κ2) is 11.7. The lowest BCUT2D eigenvalue weighted by molar-refractivity contribution is -0.119. The van der Waals surface area contributed by atoms with Crippen molar-refractivity contribution >= 4 is 23.2 Å². The van der Waals surface area contributed by atoms with Crippen LogP contribution in [0.4, 0.5) is 21.7 Å². The zero-order chi connectivity index (χ0) is 24.8. The Labute approximate surface area is 206 Å². The summed E-state index contributed by atoms with van der Waals surface area (Å²) in [5.41, 5.74) is 1.94. The van der Waals surface area contributed by atoms with Gasteiger partial charge in [0, 0.05) is 37.4 Å².